The summed E-state index contributed by atoms with van der Waals surface area (Å²) < 4.78 is 8.31. The van der Waals surface area contributed by atoms with Crippen molar-refractivity contribution in [1.82, 2.24) is 9.78 Å². The summed E-state index contributed by atoms with van der Waals surface area (Å²) in [6.07, 6.45) is 5.25. The van der Waals surface area contributed by atoms with Gasteiger partial charge in [0.25, 0.3) is 0 Å². The molecular formula is C13H13BrN2O2. The van der Waals surface area contributed by atoms with Crippen LogP contribution in [0.3, 0.4) is 0 Å². The fraction of sp³-hybridized carbons (Fsp3) is 0.231. The number of carbonyl (C=O) groups excluding carboxylic acids is 1. The van der Waals surface area contributed by atoms with E-state index in [-0.39, 0.29) is 0 Å². The van der Waals surface area contributed by atoms with Crippen LogP contribution in [-0.4, -0.2) is 16.1 Å². The maximum absolute atomic E-state index is 11.0. The molecule has 0 saturated heterocycles. The van der Waals surface area contributed by atoms with Crippen LogP contribution in [0.15, 0.2) is 35.1 Å². The number of rotatable bonds is 5. The lowest BCUT2D eigenvalue weighted by Crippen LogP contribution is -1.95. The van der Waals surface area contributed by atoms with Gasteiger partial charge in [-0.15, -0.1) is 0 Å². The van der Waals surface area contributed by atoms with Gasteiger partial charge in [-0.3, -0.25) is 9.48 Å². The van der Waals surface area contributed by atoms with Crippen molar-refractivity contribution in [1.29, 1.82) is 0 Å². The third kappa shape index (κ3) is 2.98. The van der Waals surface area contributed by atoms with Gasteiger partial charge < -0.3 is 4.74 Å². The lowest BCUT2D eigenvalue weighted by molar-refractivity contribution is 0.112. The number of aldehydes is 1. The fourth-order valence-electron chi connectivity index (χ4n) is 1.58. The summed E-state index contributed by atoms with van der Waals surface area (Å²) in [5.41, 5.74) is 0.507. The molecule has 94 valence electrons. The van der Waals surface area contributed by atoms with Crippen molar-refractivity contribution in [3.63, 3.8) is 0 Å². The number of nitrogens with zero attached hydrogens (tertiary/aromatic N) is 2. The maximum Gasteiger partial charge on any atom is 0.165 e. The number of aryl methyl sites for hydroxylation is 1. The van der Waals surface area contributed by atoms with Gasteiger partial charge in [-0.1, -0.05) is 22.9 Å². The lowest BCUT2D eigenvalue weighted by Gasteiger charge is -2.05. The molecule has 1 heterocycles. The first-order valence-electron chi connectivity index (χ1n) is 5.68. The van der Waals surface area contributed by atoms with Crippen LogP contribution in [0.2, 0.25) is 0 Å². The summed E-state index contributed by atoms with van der Waals surface area (Å²) in [5, 5.41) is 4.17. The Labute approximate surface area is 114 Å². The van der Waals surface area contributed by atoms with Gasteiger partial charge in [0.05, 0.1) is 18.0 Å². The van der Waals surface area contributed by atoms with E-state index in [1.807, 2.05) is 16.9 Å². The second-order valence-corrected chi connectivity index (χ2v) is 4.76. The van der Waals surface area contributed by atoms with Crippen LogP contribution in [0.4, 0.5) is 0 Å². The van der Waals surface area contributed by atoms with E-state index in [2.05, 4.69) is 28.0 Å². The third-order valence-corrected chi connectivity index (χ3v) is 2.88. The van der Waals surface area contributed by atoms with Crippen molar-refractivity contribution in [2.24, 2.45) is 0 Å². The Hall–Kier alpha value is -1.62. The highest BCUT2D eigenvalue weighted by Crippen LogP contribution is 2.26. The summed E-state index contributed by atoms with van der Waals surface area (Å²) in [5.74, 6) is 1.16. The molecule has 0 spiro atoms. The molecule has 0 aliphatic heterocycles. The highest BCUT2D eigenvalue weighted by atomic mass is 79.9. The molecule has 0 bridgehead atoms. The van der Waals surface area contributed by atoms with Gasteiger partial charge in [0.15, 0.2) is 12.0 Å². The van der Waals surface area contributed by atoms with Crippen LogP contribution in [0.1, 0.15) is 23.7 Å². The number of halogens is 1. The van der Waals surface area contributed by atoms with Gasteiger partial charge in [-0.05, 0) is 24.6 Å². The average Bonchev–Trinajstić information content (AvgIpc) is 2.79. The van der Waals surface area contributed by atoms with Crippen LogP contribution in [0, 0.1) is 0 Å². The van der Waals surface area contributed by atoms with Gasteiger partial charge in [0, 0.05) is 11.0 Å². The SMILES string of the molecule is CCCn1cc(Oc2ccc(Br)cc2C=O)cn1. The third-order valence-electron chi connectivity index (χ3n) is 2.39. The van der Waals surface area contributed by atoms with Crippen molar-refractivity contribution in [2.75, 3.05) is 0 Å². The Bertz CT molecular complexity index is 552. The smallest absolute Gasteiger partial charge is 0.165 e. The molecule has 0 amide bonds. The van der Waals surface area contributed by atoms with Crippen LogP contribution in [0.25, 0.3) is 0 Å². The predicted molar refractivity (Wildman–Crippen MR) is 72.1 cm³/mol. The van der Waals surface area contributed by atoms with Crippen molar-refractivity contribution >= 4 is 22.2 Å². The molecule has 1 aromatic heterocycles. The van der Waals surface area contributed by atoms with E-state index >= 15 is 0 Å². The number of ether oxygens (including phenoxy) is 1. The van der Waals surface area contributed by atoms with Gasteiger partial charge >= 0.3 is 0 Å². The Balaban J connectivity index is 2.19. The molecule has 5 heteroatoms. The van der Waals surface area contributed by atoms with Crippen molar-refractivity contribution in [2.45, 2.75) is 19.9 Å². The zero-order valence-electron chi connectivity index (χ0n) is 9.97. The molecule has 18 heavy (non-hydrogen) atoms. The van der Waals surface area contributed by atoms with Crippen LogP contribution in [0.5, 0.6) is 11.5 Å². The predicted octanol–water partition coefficient (Wildman–Crippen LogP) is 3.66. The second kappa shape index (κ2) is 5.82. The van der Waals surface area contributed by atoms with Crippen LogP contribution >= 0.6 is 15.9 Å². The van der Waals surface area contributed by atoms with Gasteiger partial charge in [0.2, 0.25) is 0 Å². The van der Waals surface area contributed by atoms with E-state index in [0.29, 0.717) is 17.1 Å². The highest BCUT2D eigenvalue weighted by molar-refractivity contribution is 9.10. The van der Waals surface area contributed by atoms with E-state index in [4.69, 9.17) is 4.74 Å². The minimum atomic E-state index is 0.507. The average molecular weight is 309 g/mol. The molecule has 0 fully saturated rings. The molecule has 2 rings (SSSR count). The molecule has 0 atom stereocenters. The first-order chi connectivity index (χ1) is 8.72. The quantitative estimate of drug-likeness (QED) is 0.792. The minimum Gasteiger partial charge on any atom is -0.453 e. The van der Waals surface area contributed by atoms with Crippen molar-refractivity contribution in [3.8, 4) is 11.5 Å². The van der Waals surface area contributed by atoms with Crippen LogP contribution in [-0.2, 0) is 6.54 Å². The number of benzene rings is 1. The second-order valence-electron chi connectivity index (χ2n) is 3.84. The van der Waals surface area contributed by atoms with Gasteiger partial charge in [-0.25, -0.2) is 0 Å². The summed E-state index contributed by atoms with van der Waals surface area (Å²) in [7, 11) is 0. The number of hydrogen-bond donors (Lipinski definition) is 0. The van der Waals surface area contributed by atoms with Gasteiger partial charge in [0.1, 0.15) is 5.75 Å². The Morgan fingerprint density at radius 1 is 1.50 bits per heavy atom. The molecule has 0 N–H and O–H groups in total. The Morgan fingerprint density at radius 3 is 3.06 bits per heavy atom. The van der Waals surface area contributed by atoms with Crippen LogP contribution < -0.4 is 4.74 Å². The molecule has 0 aliphatic carbocycles. The van der Waals surface area contributed by atoms with E-state index in [9.17, 15) is 4.79 Å². The minimum absolute atomic E-state index is 0.507. The molecule has 2 aromatic rings. The van der Waals surface area contributed by atoms with Gasteiger partial charge in [-0.2, -0.15) is 5.10 Å². The first kappa shape index (κ1) is 12.8. The normalized spacial score (nSPS) is 10.3. The number of aromatic nitrogens is 2. The van der Waals surface area contributed by atoms with E-state index in [1.54, 1.807) is 18.3 Å². The van der Waals surface area contributed by atoms with Crippen molar-refractivity contribution < 1.29 is 9.53 Å². The Morgan fingerprint density at radius 2 is 2.33 bits per heavy atom. The molecule has 0 unspecified atom stereocenters. The number of hydrogen-bond acceptors (Lipinski definition) is 3. The largest absolute Gasteiger partial charge is 0.453 e. The molecule has 4 nitrogen and oxygen atoms in total. The molecule has 0 aliphatic rings. The number of carbonyl (C=O) groups is 1. The highest BCUT2D eigenvalue weighted by Gasteiger charge is 2.06. The topological polar surface area (TPSA) is 44.1 Å². The lowest BCUT2D eigenvalue weighted by atomic mass is 10.2. The summed E-state index contributed by atoms with van der Waals surface area (Å²) in [6.45, 7) is 2.94. The fourth-order valence-corrected chi connectivity index (χ4v) is 1.96. The molecule has 0 radical (unpaired) electrons. The van der Waals surface area contributed by atoms with E-state index < -0.39 is 0 Å². The maximum atomic E-state index is 11.0. The monoisotopic (exact) mass is 308 g/mol. The molecule has 1 aromatic carbocycles. The van der Waals surface area contributed by atoms with E-state index in [0.717, 1.165) is 23.7 Å². The standard InChI is InChI=1S/C13H13BrN2O2/c1-2-5-16-8-12(7-15-16)18-13-4-3-11(14)6-10(13)9-17/h3-4,6-9H,2,5H2,1H3. The summed E-state index contributed by atoms with van der Waals surface area (Å²) in [6, 6.07) is 5.31. The summed E-state index contributed by atoms with van der Waals surface area (Å²) in [4.78, 5) is 11.0. The van der Waals surface area contributed by atoms with Crippen molar-refractivity contribution in [3.05, 3.63) is 40.6 Å². The Kier molecular flexibility index (Phi) is 4.15. The summed E-state index contributed by atoms with van der Waals surface area (Å²) >= 11 is 3.32. The molecular weight excluding hydrogens is 296 g/mol. The molecule has 0 saturated carbocycles. The van der Waals surface area contributed by atoms with E-state index in [1.165, 1.54) is 0 Å². The zero-order chi connectivity index (χ0) is 13.0. The zero-order valence-corrected chi connectivity index (χ0v) is 11.6. The first-order valence-corrected chi connectivity index (χ1v) is 6.47.